The molecule has 0 saturated carbocycles. The lowest BCUT2D eigenvalue weighted by Gasteiger charge is -2.20. The van der Waals surface area contributed by atoms with Crippen LogP contribution >= 0.6 is 0 Å². The Labute approximate surface area is 194 Å². The summed E-state index contributed by atoms with van der Waals surface area (Å²) in [5.41, 5.74) is -0.965. The minimum absolute atomic E-state index is 0.0311. The second-order valence-corrected chi connectivity index (χ2v) is 9.41. The van der Waals surface area contributed by atoms with Gasteiger partial charge in [-0.05, 0) is 37.3 Å². The Bertz CT molecular complexity index is 1510. The standard InChI is InChI=1S/C21H15F6N3O4S/c1-11(20(22,23)24)33-17-7-6-12(10-15(17)21(25,26)27)19-28-18(29-34-19)14-4-3-5-16-13(14)8-9-30(16)35(2,31)32/h3-11H,1-2H3. The first-order valence-corrected chi connectivity index (χ1v) is 11.6. The fourth-order valence-electron chi connectivity index (χ4n) is 3.32. The zero-order valence-corrected chi connectivity index (χ0v) is 18.7. The maximum Gasteiger partial charge on any atom is 0.425 e. The topological polar surface area (TPSA) is 87.2 Å². The molecule has 0 bridgehead atoms. The van der Waals surface area contributed by atoms with Crippen molar-refractivity contribution in [2.24, 2.45) is 0 Å². The maximum atomic E-state index is 13.6. The van der Waals surface area contributed by atoms with E-state index < -0.39 is 39.8 Å². The number of benzene rings is 2. The highest BCUT2D eigenvalue weighted by Crippen LogP contribution is 2.40. The van der Waals surface area contributed by atoms with Gasteiger partial charge in [-0.3, -0.25) is 0 Å². The fourth-order valence-corrected chi connectivity index (χ4v) is 4.12. The average Bonchev–Trinajstić information content (AvgIpc) is 3.39. The lowest BCUT2D eigenvalue weighted by molar-refractivity contribution is -0.191. The van der Waals surface area contributed by atoms with Crippen LogP contribution in [0.25, 0.3) is 33.7 Å². The van der Waals surface area contributed by atoms with E-state index in [0.29, 0.717) is 29.5 Å². The van der Waals surface area contributed by atoms with Crippen molar-refractivity contribution < 1.29 is 44.0 Å². The first kappa shape index (κ1) is 24.6. The van der Waals surface area contributed by atoms with Gasteiger partial charge in [-0.2, -0.15) is 31.3 Å². The third kappa shape index (κ3) is 4.83. The van der Waals surface area contributed by atoms with Crippen molar-refractivity contribution in [1.82, 2.24) is 14.1 Å². The third-order valence-corrected chi connectivity index (χ3v) is 6.05. The molecule has 0 aliphatic carbocycles. The molecule has 0 N–H and O–H groups in total. The Morgan fingerprint density at radius 3 is 2.40 bits per heavy atom. The highest BCUT2D eigenvalue weighted by Gasteiger charge is 2.41. The van der Waals surface area contributed by atoms with Gasteiger partial charge in [0.05, 0.1) is 17.3 Å². The number of nitrogens with zero attached hydrogens (tertiary/aromatic N) is 3. The Morgan fingerprint density at radius 2 is 1.77 bits per heavy atom. The molecule has 1 atom stereocenters. The number of fused-ring (bicyclic) bond motifs is 1. The zero-order chi connectivity index (χ0) is 25.8. The number of alkyl halides is 6. The summed E-state index contributed by atoms with van der Waals surface area (Å²) in [4.78, 5) is 4.10. The molecule has 4 rings (SSSR count). The minimum Gasteiger partial charge on any atom is -0.481 e. The Morgan fingerprint density at radius 1 is 1.06 bits per heavy atom. The molecule has 2 aromatic carbocycles. The van der Waals surface area contributed by atoms with Crippen LogP contribution in [0.3, 0.4) is 0 Å². The van der Waals surface area contributed by atoms with Crippen LogP contribution in [0.4, 0.5) is 26.3 Å². The summed E-state index contributed by atoms with van der Waals surface area (Å²) in [6.45, 7) is 0.593. The summed E-state index contributed by atoms with van der Waals surface area (Å²) >= 11 is 0. The van der Waals surface area contributed by atoms with E-state index in [1.165, 1.54) is 12.3 Å². The van der Waals surface area contributed by atoms with E-state index in [2.05, 4.69) is 14.9 Å². The van der Waals surface area contributed by atoms with Crippen molar-refractivity contribution in [3.63, 3.8) is 0 Å². The molecule has 0 amide bonds. The van der Waals surface area contributed by atoms with Crippen molar-refractivity contribution in [3.05, 3.63) is 54.2 Å². The summed E-state index contributed by atoms with van der Waals surface area (Å²) in [5, 5.41) is 4.22. The Hall–Kier alpha value is -3.55. The second-order valence-electron chi connectivity index (χ2n) is 7.55. The molecule has 1 unspecified atom stereocenters. The zero-order valence-electron chi connectivity index (χ0n) is 17.8. The van der Waals surface area contributed by atoms with E-state index in [-0.39, 0.29) is 17.3 Å². The van der Waals surface area contributed by atoms with E-state index >= 15 is 0 Å². The second kappa shape index (κ2) is 8.29. The molecule has 0 aliphatic rings. The van der Waals surface area contributed by atoms with E-state index in [9.17, 15) is 34.8 Å². The Kier molecular flexibility index (Phi) is 5.82. The van der Waals surface area contributed by atoms with E-state index in [1.807, 2.05) is 0 Å². The first-order valence-electron chi connectivity index (χ1n) is 9.76. The van der Waals surface area contributed by atoms with Gasteiger partial charge in [-0.25, -0.2) is 12.4 Å². The predicted octanol–water partition coefficient (Wildman–Crippen LogP) is 5.51. The molecule has 14 heteroatoms. The van der Waals surface area contributed by atoms with Gasteiger partial charge >= 0.3 is 12.4 Å². The van der Waals surface area contributed by atoms with Gasteiger partial charge in [0, 0.05) is 22.7 Å². The van der Waals surface area contributed by atoms with E-state index in [0.717, 1.165) is 22.4 Å². The van der Waals surface area contributed by atoms with E-state index in [4.69, 9.17) is 4.52 Å². The number of hydrogen-bond donors (Lipinski definition) is 0. The normalized spacial score (nSPS) is 13.8. The van der Waals surface area contributed by atoms with Crippen molar-refractivity contribution in [1.29, 1.82) is 0 Å². The van der Waals surface area contributed by atoms with Crippen LogP contribution in [0.15, 0.2) is 53.2 Å². The monoisotopic (exact) mass is 519 g/mol. The van der Waals surface area contributed by atoms with Gasteiger partial charge in [-0.15, -0.1) is 0 Å². The lowest BCUT2D eigenvalue weighted by Crippen LogP contribution is -2.31. The summed E-state index contributed by atoms with van der Waals surface area (Å²) in [7, 11) is -3.60. The van der Waals surface area contributed by atoms with Gasteiger partial charge in [-0.1, -0.05) is 17.3 Å². The van der Waals surface area contributed by atoms with Crippen LogP contribution in [-0.4, -0.2) is 41.1 Å². The van der Waals surface area contributed by atoms with Gasteiger partial charge in [0.25, 0.3) is 5.89 Å². The van der Waals surface area contributed by atoms with Crippen LogP contribution in [0.2, 0.25) is 0 Å². The van der Waals surface area contributed by atoms with Gasteiger partial charge in [0.1, 0.15) is 5.75 Å². The Balaban J connectivity index is 1.74. The molecule has 0 radical (unpaired) electrons. The average molecular weight is 519 g/mol. The smallest absolute Gasteiger partial charge is 0.425 e. The molecule has 0 saturated heterocycles. The molecule has 4 aromatic rings. The lowest BCUT2D eigenvalue weighted by atomic mass is 10.1. The molecule has 35 heavy (non-hydrogen) atoms. The van der Waals surface area contributed by atoms with Crippen molar-refractivity contribution in [2.75, 3.05) is 6.26 Å². The van der Waals surface area contributed by atoms with Crippen LogP contribution < -0.4 is 4.74 Å². The molecule has 2 heterocycles. The quantitative estimate of drug-likeness (QED) is 0.323. The summed E-state index contributed by atoms with van der Waals surface area (Å²) in [5.74, 6) is -1.37. The van der Waals surface area contributed by atoms with Crippen LogP contribution in [0.5, 0.6) is 5.75 Å². The number of ether oxygens (including phenoxy) is 1. The maximum absolute atomic E-state index is 13.6. The highest BCUT2D eigenvalue weighted by atomic mass is 32.2. The van der Waals surface area contributed by atoms with Crippen molar-refractivity contribution >= 4 is 20.9 Å². The third-order valence-electron chi connectivity index (χ3n) is 5.02. The number of rotatable bonds is 5. The minimum atomic E-state index is -5.03. The number of hydrogen-bond acceptors (Lipinski definition) is 6. The molecule has 0 spiro atoms. The number of aromatic nitrogens is 3. The summed E-state index contributed by atoms with van der Waals surface area (Å²) in [6, 6.07) is 8.54. The van der Waals surface area contributed by atoms with E-state index in [1.54, 1.807) is 18.2 Å². The predicted molar refractivity (Wildman–Crippen MR) is 112 cm³/mol. The van der Waals surface area contributed by atoms with Crippen molar-refractivity contribution in [3.8, 4) is 28.6 Å². The molecule has 186 valence electrons. The van der Waals surface area contributed by atoms with Gasteiger partial charge < -0.3 is 9.26 Å². The summed E-state index contributed by atoms with van der Waals surface area (Å²) in [6.07, 6.45) is -10.0. The van der Waals surface area contributed by atoms with Gasteiger partial charge in [0.15, 0.2) is 6.10 Å². The highest BCUT2D eigenvalue weighted by molar-refractivity contribution is 7.89. The fraction of sp³-hybridized carbons (Fsp3) is 0.238. The molecular formula is C21H15F6N3O4S. The first-order chi connectivity index (χ1) is 16.2. The molecule has 2 aromatic heterocycles. The molecular weight excluding hydrogens is 504 g/mol. The largest absolute Gasteiger partial charge is 0.481 e. The summed E-state index contributed by atoms with van der Waals surface area (Å²) < 4.78 is 114. The molecule has 7 nitrogen and oxygen atoms in total. The van der Waals surface area contributed by atoms with Gasteiger partial charge in [0.2, 0.25) is 15.8 Å². The number of halogens is 6. The SMILES string of the molecule is CC(Oc1ccc(-c2nc(-c3cccc4c3ccn4S(C)(=O)=O)no2)cc1C(F)(F)F)C(F)(F)F. The van der Waals surface area contributed by atoms with Crippen molar-refractivity contribution in [2.45, 2.75) is 25.4 Å². The molecule has 0 aliphatic heterocycles. The van der Waals surface area contributed by atoms with Crippen LogP contribution in [0, 0.1) is 0 Å². The molecule has 0 fully saturated rings. The van der Waals surface area contributed by atoms with Crippen LogP contribution in [-0.2, 0) is 16.2 Å². The van der Waals surface area contributed by atoms with Crippen LogP contribution in [0.1, 0.15) is 12.5 Å².